The van der Waals surface area contributed by atoms with Gasteiger partial charge in [0.25, 0.3) is 0 Å². The summed E-state index contributed by atoms with van der Waals surface area (Å²) in [6.07, 6.45) is 14.5. The van der Waals surface area contributed by atoms with Crippen molar-refractivity contribution in [2.24, 2.45) is 16.7 Å². The summed E-state index contributed by atoms with van der Waals surface area (Å²) in [6, 6.07) is 0. The van der Waals surface area contributed by atoms with Gasteiger partial charge in [0, 0.05) is 5.41 Å². The molecule has 5 heteroatoms. The van der Waals surface area contributed by atoms with Gasteiger partial charge in [0.05, 0.1) is 18.1 Å². The summed E-state index contributed by atoms with van der Waals surface area (Å²) in [5.41, 5.74) is -0.633. The number of ketones is 1. The molecule has 0 spiro atoms. The lowest BCUT2D eigenvalue weighted by molar-refractivity contribution is -0.161. The first kappa shape index (κ1) is 23.4. The predicted molar refractivity (Wildman–Crippen MR) is 120 cm³/mol. The molecule has 1 saturated carbocycles. The van der Waals surface area contributed by atoms with Crippen molar-refractivity contribution in [2.45, 2.75) is 72.4 Å². The highest BCUT2D eigenvalue weighted by atomic mass is 16.6. The van der Waals surface area contributed by atoms with E-state index in [0.717, 1.165) is 11.1 Å². The smallest absolute Gasteiger partial charge is 0.320 e. The summed E-state index contributed by atoms with van der Waals surface area (Å²) in [4.78, 5) is 24.8. The number of esters is 1. The fraction of sp³-hybridized carbons (Fsp3) is 0.538. The second kappa shape index (κ2) is 8.03. The zero-order chi connectivity index (χ0) is 23.2. The molecule has 1 saturated heterocycles. The Morgan fingerprint density at radius 3 is 2.32 bits per heavy atom. The fourth-order valence-electron chi connectivity index (χ4n) is 5.01. The van der Waals surface area contributed by atoms with Crippen molar-refractivity contribution in [1.29, 1.82) is 0 Å². The van der Waals surface area contributed by atoms with Gasteiger partial charge in [-0.05, 0) is 51.8 Å². The van der Waals surface area contributed by atoms with Crippen molar-refractivity contribution in [3.63, 3.8) is 0 Å². The molecule has 31 heavy (non-hydrogen) atoms. The SMILES string of the molecule is CC(=CC=CC=CC=CC1(C)C2OC(=O)C1(C)C(=O)C2C)C1OC(C)C(C)(O)C=C1C. The topological polar surface area (TPSA) is 72.8 Å². The molecule has 0 aromatic heterocycles. The maximum absolute atomic E-state index is 12.6. The summed E-state index contributed by atoms with van der Waals surface area (Å²) in [7, 11) is 0. The minimum absolute atomic E-state index is 0.0320. The van der Waals surface area contributed by atoms with Crippen LogP contribution in [-0.4, -0.2) is 40.8 Å². The van der Waals surface area contributed by atoms with Gasteiger partial charge in [0.1, 0.15) is 17.1 Å². The van der Waals surface area contributed by atoms with E-state index in [4.69, 9.17) is 9.47 Å². The average molecular weight is 427 g/mol. The standard InChI is InChI=1S/C26H34O5/c1-16(20-17(2)15-25(6,29)19(4)30-20)13-11-9-8-10-12-14-24(5)22-18(3)21(27)26(24,7)23(28)31-22/h8-15,18-20,22,29H,1-7H3. The summed E-state index contributed by atoms with van der Waals surface area (Å²) in [5.74, 6) is -0.724. The maximum Gasteiger partial charge on any atom is 0.320 e. The molecule has 0 aromatic rings. The van der Waals surface area contributed by atoms with Gasteiger partial charge in [0.15, 0.2) is 5.78 Å². The molecule has 1 aliphatic carbocycles. The molecule has 168 valence electrons. The summed E-state index contributed by atoms with van der Waals surface area (Å²) in [6.45, 7) is 13.1. The molecule has 0 radical (unpaired) electrons. The summed E-state index contributed by atoms with van der Waals surface area (Å²) in [5, 5.41) is 10.3. The van der Waals surface area contributed by atoms with Crippen LogP contribution in [0.3, 0.4) is 0 Å². The van der Waals surface area contributed by atoms with Crippen LogP contribution in [0.2, 0.25) is 0 Å². The largest absolute Gasteiger partial charge is 0.460 e. The van der Waals surface area contributed by atoms with Crippen LogP contribution >= 0.6 is 0 Å². The molecule has 2 heterocycles. The zero-order valence-corrected chi connectivity index (χ0v) is 19.5. The van der Waals surface area contributed by atoms with Crippen LogP contribution in [0.25, 0.3) is 0 Å². The Kier molecular flexibility index (Phi) is 6.07. The Bertz CT molecular complexity index is 918. The van der Waals surface area contributed by atoms with Gasteiger partial charge in [0.2, 0.25) is 0 Å². The van der Waals surface area contributed by atoms with Gasteiger partial charge >= 0.3 is 5.97 Å². The van der Waals surface area contributed by atoms with Crippen LogP contribution < -0.4 is 0 Å². The Hall–Kier alpha value is -2.24. The second-order valence-electron chi connectivity index (χ2n) is 9.70. The van der Waals surface area contributed by atoms with E-state index in [-0.39, 0.29) is 23.9 Å². The first-order chi connectivity index (χ1) is 14.4. The predicted octanol–water partition coefficient (Wildman–Crippen LogP) is 4.24. The van der Waals surface area contributed by atoms with E-state index < -0.39 is 28.5 Å². The minimum atomic E-state index is -1.11. The Morgan fingerprint density at radius 1 is 1.06 bits per heavy atom. The number of rotatable bonds is 5. The molecule has 3 rings (SSSR count). The van der Waals surface area contributed by atoms with Crippen molar-refractivity contribution in [3.05, 3.63) is 59.8 Å². The third kappa shape index (κ3) is 3.68. The highest BCUT2D eigenvalue weighted by molar-refractivity contribution is 6.10. The zero-order valence-electron chi connectivity index (χ0n) is 19.5. The molecule has 1 N–H and O–H groups in total. The van der Waals surface area contributed by atoms with Crippen molar-refractivity contribution in [1.82, 2.24) is 0 Å². The van der Waals surface area contributed by atoms with Gasteiger partial charge in [-0.2, -0.15) is 0 Å². The molecule has 3 aliphatic rings. The molecule has 0 amide bonds. The van der Waals surface area contributed by atoms with Crippen LogP contribution in [0.15, 0.2) is 59.8 Å². The van der Waals surface area contributed by atoms with Crippen LogP contribution in [-0.2, 0) is 19.1 Å². The molecule has 7 atom stereocenters. The van der Waals surface area contributed by atoms with Crippen LogP contribution in [0.4, 0.5) is 0 Å². The molecule has 2 fully saturated rings. The molecular formula is C26H34O5. The number of hydrogen-bond donors (Lipinski definition) is 1. The van der Waals surface area contributed by atoms with E-state index in [9.17, 15) is 14.7 Å². The van der Waals surface area contributed by atoms with Gasteiger partial charge in [-0.1, -0.05) is 56.4 Å². The third-order valence-electron chi connectivity index (χ3n) is 7.43. The van der Waals surface area contributed by atoms with Crippen LogP contribution in [0, 0.1) is 16.7 Å². The second-order valence-corrected chi connectivity index (χ2v) is 9.70. The fourth-order valence-corrected chi connectivity index (χ4v) is 5.01. The average Bonchev–Trinajstić information content (AvgIpc) is 2.97. The quantitative estimate of drug-likeness (QED) is 0.308. The molecule has 7 unspecified atom stereocenters. The highest BCUT2D eigenvalue weighted by Gasteiger charge is 2.73. The first-order valence-electron chi connectivity index (χ1n) is 10.9. The maximum atomic E-state index is 12.6. The summed E-state index contributed by atoms with van der Waals surface area (Å²) >= 11 is 0. The number of ether oxygens (including phenoxy) is 2. The monoisotopic (exact) mass is 426 g/mol. The Balaban J connectivity index is 1.64. The number of hydrogen-bond acceptors (Lipinski definition) is 5. The lowest BCUT2D eigenvalue weighted by Gasteiger charge is -2.37. The van der Waals surface area contributed by atoms with E-state index in [1.807, 2.05) is 83.2 Å². The number of carbonyl (C=O) groups is 2. The number of Topliss-reactive ketones (excluding diaryl/α,β-unsaturated/α-hetero) is 1. The van der Waals surface area contributed by atoms with E-state index in [1.54, 1.807) is 13.8 Å². The van der Waals surface area contributed by atoms with E-state index in [2.05, 4.69) is 0 Å². The molecular weight excluding hydrogens is 392 g/mol. The van der Waals surface area contributed by atoms with E-state index >= 15 is 0 Å². The van der Waals surface area contributed by atoms with Crippen LogP contribution in [0.5, 0.6) is 0 Å². The van der Waals surface area contributed by atoms with Gasteiger partial charge in [-0.25, -0.2) is 0 Å². The number of aliphatic hydroxyl groups is 1. The Morgan fingerprint density at radius 2 is 1.68 bits per heavy atom. The number of carbonyl (C=O) groups excluding carboxylic acids is 2. The van der Waals surface area contributed by atoms with Crippen molar-refractivity contribution in [3.8, 4) is 0 Å². The number of fused-ring (bicyclic) bond motifs is 2. The molecule has 5 nitrogen and oxygen atoms in total. The number of allylic oxidation sites excluding steroid dienone is 6. The van der Waals surface area contributed by atoms with Crippen molar-refractivity contribution in [2.75, 3.05) is 0 Å². The van der Waals surface area contributed by atoms with Gasteiger partial charge in [-0.15, -0.1) is 0 Å². The Labute approximate surface area is 185 Å². The molecule has 2 bridgehead atoms. The molecule has 0 aromatic carbocycles. The first-order valence-corrected chi connectivity index (χ1v) is 10.9. The lowest BCUT2D eigenvalue weighted by Crippen LogP contribution is -2.44. The van der Waals surface area contributed by atoms with E-state index in [0.29, 0.717) is 0 Å². The van der Waals surface area contributed by atoms with E-state index in [1.165, 1.54) is 0 Å². The van der Waals surface area contributed by atoms with Gasteiger partial charge in [-0.3, -0.25) is 9.59 Å². The van der Waals surface area contributed by atoms with Gasteiger partial charge < -0.3 is 14.6 Å². The minimum Gasteiger partial charge on any atom is -0.460 e. The van der Waals surface area contributed by atoms with Crippen LogP contribution in [0.1, 0.15) is 48.5 Å². The normalized spacial score (nSPS) is 43.5. The highest BCUT2D eigenvalue weighted by Crippen LogP contribution is 2.60. The lowest BCUT2D eigenvalue weighted by atomic mass is 9.68. The van der Waals surface area contributed by atoms with Crippen molar-refractivity contribution < 1.29 is 24.2 Å². The summed E-state index contributed by atoms with van der Waals surface area (Å²) < 4.78 is 11.5. The molecule has 2 aliphatic heterocycles. The third-order valence-corrected chi connectivity index (χ3v) is 7.43. The van der Waals surface area contributed by atoms with Crippen molar-refractivity contribution >= 4 is 11.8 Å².